The summed E-state index contributed by atoms with van der Waals surface area (Å²) >= 11 is 0. The highest BCUT2D eigenvalue weighted by atomic mass is 16.5. The number of carbonyl (C=O) groups excluding carboxylic acids is 2. The maximum absolute atomic E-state index is 13.3. The zero-order chi connectivity index (χ0) is 24.0. The van der Waals surface area contributed by atoms with Gasteiger partial charge in [0.2, 0.25) is 0 Å². The van der Waals surface area contributed by atoms with Crippen LogP contribution in [0.25, 0.3) is 16.7 Å². The highest BCUT2D eigenvalue weighted by molar-refractivity contribution is 6.46. The van der Waals surface area contributed by atoms with Gasteiger partial charge < -0.3 is 23.7 Å². The molecule has 1 N–H and O–H groups in total. The molecule has 1 aliphatic rings. The number of hydrogen-bond acceptors (Lipinski definition) is 5. The number of ether oxygens (including phenoxy) is 1. The van der Waals surface area contributed by atoms with Gasteiger partial charge >= 0.3 is 0 Å². The molecular formula is C27H24N2O5. The van der Waals surface area contributed by atoms with Crippen LogP contribution >= 0.6 is 0 Å². The predicted molar refractivity (Wildman–Crippen MR) is 127 cm³/mol. The Morgan fingerprint density at radius 1 is 1.12 bits per heavy atom. The third-order valence-corrected chi connectivity index (χ3v) is 6.36. The van der Waals surface area contributed by atoms with Crippen LogP contribution < -0.4 is 4.74 Å². The Bertz CT molecular complexity index is 1450. The van der Waals surface area contributed by atoms with Crippen molar-refractivity contribution in [3.8, 4) is 5.75 Å². The van der Waals surface area contributed by atoms with E-state index in [4.69, 9.17) is 9.15 Å². The quantitative estimate of drug-likeness (QED) is 0.267. The van der Waals surface area contributed by atoms with Gasteiger partial charge in [0.05, 0.1) is 31.5 Å². The average molecular weight is 456 g/mol. The monoisotopic (exact) mass is 456 g/mol. The summed E-state index contributed by atoms with van der Waals surface area (Å²) in [6, 6.07) is 15.7. The Kier molecular flexibility index (Phi) is 5.24. The van der Waals surface area contributed by atoms with E-state index in [1.54, 1.807) is 37.4 Å². The van der Waals surface area contributed by atoms with Crippen molar-refractivity contribution >= 4 is 28.4 Å². The molecule has 1 saturated heterocycles. The molecule has 1 aliphatic heterocycles. The summed E-state index contributed by atoms with van der Waals surface area (Å²) in [7, 11) is 3.48. The number of furan rings is 1. The number of amides is 1. The van der Waals surface area contributed by atoms with Gasteiger partial charge in [-0.2, -0.15) is 0 Å². The Morgan fingerprint density at radius 2 is 1.91 bits per heavy atom. The van der Waals surface area contributed by atoms with Crippen molar-refractivity contribution < 1.29 is 23.8 Å². The summed E-state index contributed by atoms with van der Waals surface area (Å²) in [5.74, 6) is -0.427. The fourth-order valence-corrected chi connectivity index (χ4v) is 4.70. The van der Waals surface area contributed by atoms with Gasteiger partial charge in [0, 0.05) is 35.3 Å². The first kappa shape index (κ1) is 21.6. The number of fused-ring (bicyclic) bond motifs is 1. The largest absolute Gasteiger partial charge is 0.507 e. The maximum Gasteiger partial charge on any atom is 0.296 e. The SMILES string of the molecule is COc1ccc(/C(O)=C2\C(=O)C(=O)N(Cc3ccco3)C2c2cn(C)c3ccccc23)c(C)c1. The summed E-state index contributed by atoms with van der Waals surface area (Å²) in [6.07, 6.45) is 3.43. The number of para-hydroxylation sites is 1. The molecule has 4 aromatic rings. The standard InChI is InChI=1S/C27H24N2O5/c1-16-13-17(33-3)10-11-19(16)25(30)23-24(21-15-28(2)22-9-5-4-8-20(21)22)29(27(32)26(23)31)14-18-7-6-12-34-18/h4-13,15,24,30H,14H2,1-3H3/b25-23+. The maximum atomic E-state index is 13.3. The third-order valence-electron chi connectivity index (χ3n) is 6.36. The van der Waals surface area contributed by atoms with Gasteiger partial charge in [0.25, 0.3) is 11.7 Å². The zero-order valence-corrected chi connectivity index (χ0v) is 19.1. The van der Waals surface area contributed by atoms with Gasteiger partial charge in [0.1, 0.15) is 17.3 Å². The molecule has 0 spiro atoms. The number of aliphatic hydroxyl groups is 1. The lowest BCUT2D eigenvalue weighted by atomic mass is 9.93. The van der Waals surface area contributed by atoms with Crippen molar-refractivity contribution in [2.24, 2.45) is 7.05 Å². The molecule has 1 amide bonds. The molecule has 0 bridgehead atoms. The predicted octanol–water partition coefficient (Wildman–Crippen LogP) is 4.71. The van der Waals surface area contributed by atoms with Crippen LogP contribution in [0.1, 0.15) is 28.5 Å². The number of ketones is 1. The fourth-order valence-electron chi connectivity index (χ4n) is 4.70. The van der Waals surface area contributed by atoms with Crippen molar-refractivity contribution in [3.63, 3.8) is 0 Å². The van der Waals surface area contributed by atoms with Crippen molar-refractivity contribution in [2.45, 2.75) is 19.5 Å². The smallest absolute Gasteiger partial charge is 0.296 e. The number of likely N-dealkylation sites (tertiary alicyclic amines) is 1. The first-order chi connectivity index (χ1) is 16.4. The number of rotatable bonds is 5. The summed E-state index contributed by atoms with van der Waals surface area (Å²) in [6.45, 7) is 1.92. The molecule has 2 aromatic heterocycles. The lowest BCUT2D eigenvalue weighted by Gasteiger charge is -2.24. The lowest BCUT2D eigenvalue weighted by Crippen LogP contribution is -2.29. The molecule has 0 aliphatic carbocycles. The average Bonchev–Trinajstić information content (AvgIpc) is 3.53. The van der Waals surface area contributed by atoms with Crippen LogP contribution in [0.5, 0.6) is 5.75 Å². The van der Waals surface area contributed by atoms with E-state index >= 15 is 0 Å². The number of aliphatic hydroxyl groups excluding tert-OH is 1. The molecular weight excluding hydrogens is 432 g/mol. The molecule has 1 fully saturated rings. The fraction of sp³-hybridized carbons (Fsp3) is 0.185. The van der Waals surface area contributed by atoms with Gasteiger partial charge in [-0.3, -0.25) is 9.59 Å². The molecule has 0 radical (unpaired) electrons. The molecule has 0 saturated carbocycles. The van der Waals surface area contributed by atoms with Crippen LogP contribution in [-0.2, 0) is 23.2 Å². The molecule has 3 heterocycles. The third kappa shape index (κ3) is 3.37. The Morgan fingerprint density at radius 3 is 2.62 bits per heavy atom. The van der Waals surface area contributed by atoms with E-state index in [-0.39, 0.29) is 17.9 Å². The number of aryl methyl sites for hydroxylation is 2. The van der Waals surface area contributed by atoms with Crippen molar-refractivity contribution in [1.29, 1.82) is 0 Å². The van der Waals surface area contributed by atoms with E-state index in [0.717, 1.165) is 22.0 Å². The summed E-state index contributed by atoms with van der Waals surface area (Å²) in [4.78, 5) is 28.1. The number of hydrogen-bond donors (Lipinski definition) is 1. The van der Waals surface area contributed by atoms with Crippen LogP contribution in [0.2, 0.25) is 0 Å². The molecule has 7 heteroatoms. The molecule has 172 valence electrons. The van der Waals surface area contributed by atoms with Gasteiger partial charge in [-0.15, -0.1) is 0 Å². The molecule has 1 atom stereocenters. The van der Waals surface area contributed by atoms with Gasteiger partial charge in [0.15, 0.2) is 0 Å². The first-order valence-electron chi connectivity index (χ1n) is 10.9. The highest BCUT2D eigenvalue weighted by Crippen LogP contribution is 2.43. The Hall–Kier alpha value is -4.26. The molecule has 34 heavy (non-hydrogen) atoms. The number of benzene rings is 2. The van der Waals surface area contributed by atoms with Crippen LogP contribution in [-0.4, -0.2) is 33.4 Å². The second kappa shape index (κ2) is 8.26. The summed E-state index contributed by atoms with van der Waals surface area (Å²) < 4.78 is 12.7. The molecule has 5 rings (SSSR count). The summed E-state index contributed by atoms with van der Waals surface area (Å²) in [5.41, 5.74) is 2.98. The number of nitrogens with zero attached hydrogens (tertiary/aromatic N) is 2. The van der Waals surface area contributed by atoms with Crippen LogP contribution in [0, 0.1) is 6.92 Å². The Balaban J connectivity index is 1.74. The number of Topliss-reactive ketones (excluding diaryl/α,β-unsaturated/α-hetero) is 1. The van der Waals surface area contributed by atoms with Crippen LogP contribution in [0.15, 0.2) is 77.0 Å². The van der Waals surface area contributed by atoms with E-state index in [9.17, 15) is 14.7 Å². The van der Waals surface area contributed by atoms with Crippen molar-refractivity contribution in [1.82, 2.24) is 9.47 Å². The van der Waals surface area contributed by atoms with E-state index in [2.05, 4.69) is 0 Å². The first-order valence-corrected chi connectivity index (χ1v) is 10.9. The Labute approximate surface area is 196 Å². The minimum Gasteiger partial charge on any atom is -0.507 e. The van der Waals surface area contributed by atoms with Crippen molar-refractivity contribution in [3.05, 3.63) is 95.1 Å². The normalized spacial score (nSPS) is 17.6. The van der Waals surface area contributed by atoms with E-state index < -0.39 is 17.7 Å². The lowest BCUT2D eigenvalue weighted by molar-refractivity contribution is -0.140. The minimum absolute atomic E-state index is 0.0566. The summed E-state index contributed by atoms with van der Waals surface area (Å²) in [5, 5.41) is 12.3. The van der Waals surface area contributed by atoms with Crippen LogP contribution in [0.3, 0.4) is 0 Å². The minimum atomic E-state index is -0.780. The molecule has 7 nitrogen and oxygen atoms in total. The number of methoxy groups -OCH3 is 1. The van der Waals surface area contributed by atoms with Gasteiger partial charge in [-0.05, 0) is 48.9 Å². The van der Waals surface area contributed by atoms with Crippen LogP contribution in [0.4, 0.5) is 0 Å². The topological polar surface area (TPSA) is 84.9 Å². The van der Waals surface area contributed by atoms with E-state index in [0.29, 0.717) is 17.1 Å². The van der Waals surface area contributed by atoms with E-state index in [1.165, 1.54) is 11.2 Å². The molecule has 1 unspecified atom stereocenters. The second-order valence-corrected chi connectivity index (χ2v) is 8.40. The highest BCUT2D eigenvalue weighted by Gasteiger charge is 2.47. The number of aromatic nitrogens is 1. The van der Waals surface area contributed by atoms with Gasteiger partial charge in [-0.25, -0.2) is 0 Å². The number of carbonyl (C=O) groups is 2. The van der Waals surface area contributed by atoms with Crippen molar-refractivity contribution in [2.75, 3.05) is 7.11 Å². The second-order valence-electron chi connectivity index (χ2n) is 8.40. The molecule has 2 aromatic carbocycles. The zero-order valence-electron chi connectivity index (χ0n) is 19.1. The van der Waals surface area contributed by atoms with E-state index in [1.807, 2.05) is 49.0 Å². The van der Waals surface area contributed by atoms with Gasteiger partial charge in [-0.1, -0.05) is 18.2 Å².